The second-order valence-electron chi connectivity index (χ2n) is 9.55. The Balaban J connectivity index is 1.25. The van der Waals surface area contributed by atoms with Crippen LogP contribution in [0, 0.1) is 5.41 Å². The maximum absolute atomic E-state index is 13.5. The van der Waals surface area contributed by atoms with E-state index in [0.29, 0.717) is 22.1 Å². The van der Waals surface area contributed by atoms with Crippen molar-refractivity contribution in [3.05, 3.63) is 59.2 Å². The molecule has 2 aliphatic heterocycles. The quantitative estimate of drug-likeness (QED) is 0.412. The molecule has 1 saturated heterocycles. The molecule has 1 spiro atoms. The number of aromatic carboxylic acids is 1. The normalized spacial score (nSPS) is 23.6. The number of likely N-dealkylation sites (tertiary alicyclic amines) is 1. The van der Waals surface area contributed by atoms with Gasteiger partial charge in [0.25, 0.3) is 6.43 Å². The first kappa shape index (κ1) is 24.4. The molecule has 0 amide bonds. The topological polar surface area (TPSA) is 60.8 Å². The van der Waals surface area contributed by atoms with E-state index in [0.717, 1.165) is 25.9 Å². The summed E-state index contributed by atoms with van der Waals surface area (Å²) in [6.45, 7) is 2.55. The van der Waals surface area contributed by atoms with Crippen molar-refractivity contribution in [3.8, 4) is 11.1 Å². The van der Waals surface area contributed by atoms with E-state index in [1.54, 1.807) is 3.57 Å². The fourth-order valence-corrected chi connectivity index (χ4v) is 12.2. The predicted octanol–water partition coefficient (Wildman–Crippen LogP) is 5.20. The van der Waals surface area contributed by atoms with Gasteiger partial charge in [0, 0.05) is 0 Å². The average Bonchev–Trinajstić information content (AvgIpc) is 3.53. The SMILES string of the molecule is O=C(O)c1ccc(C(F)F)c(-c2ccc([C@@H]3CC34CCN([C]3=[Sb][S]C3CCCO)CC4)cc2)c1. The molecule has 34 heavy (non-hydrogen) atoms. The number of rotatable bonds is 8. The molecule has 0 radical (unpaired) electrons. The summed E-state index contributed by atoms with van der Waals surface area (Å²) in [7, 11) is 2.15. The molecule has 1 saturated carbocycles. The van der Waals surface area contributed by atoms with Crippen LogP contribution in [0.3, 0.4) is 0 Å². The number of carboxylic acids is 1. The van der Waals surface area contributed by atoms with Gasteiger partial charge in [0.1, 0.15) is 0 Å². The van der Waals surface area contributed by atoms with E-state index < -0.39 is 12.4 Å². The molecular weight excluding hydrogens is 566 g/mol. The number of aliphatic hydroxyl groups excluding tert-OH is 1. The second-order valence-corrected chi connectivity index (χ2v) is 15.2. The third-order valence-electron chi connectivity index (χ3n) is 7.62. The third-order valence-corrected chi connectivity index (χ3v) is 15.5. The van der Waals surface area contributed by atoms with Crippen LogP contribution in [0.2, 0.25) is 0 Å². The number of aliphatic hydroxyl groups is 1. The zero-order valence-corrected chi connectivity index (χ0v) is 22.2. The molecule has 2 aromatic rings. The minimum atomic E-state index is -2.66. The van der Waals surface area contributed by atoms with Crippen molar-refractivity contribution in [1.82, 2.24) is 4.90 Å². The first-order chi connectivity index (χ1) is 16.4. The van der Waals surface area contributed by atoms with Gasteiger partial charge in [0.05, 0.1) is 5.56 Å². The first-order valence-corrected chi connectivity index (χ1v) is 17.0. The molecule has 8 heteroatoms. The van der Waals surface area contributed by atoms with Crippen LogP contribution in [0.5, 0.6) is 0 Å². The molecule has 0 aromatic heterocycles. The number of piperidine rings is 1. The van der Waals surface area contributed by atoms with Gasteiger partial charge >= 0.3 is 169 Å². The summed E-state index contributed by atoms with van der Waals surface area (Å²) < 4.78 is 28.8. The molecule has 1 unspecified atom stereocenters. The molecule has 2 aromatic carbocycles. The number of alkyl halides is 2. The van der Waals surface area contributed by atoms with Crippen LogP contribution in [-0.4, -0.2) is 69.3 Å². The van der Waals surface area contributed by atoms with Gasteiger partial charge in [-0.25, -0.2) is 13.6 Å². The van der Waals surface area contributed by atoms with Crippen LogP contribution in [0.4, 0.5) is 8.78 Å². The Morgan fingerprint density at radius 3 is 2.50 bits per heavy atom. The Morgan fingerprint density at radius 1 is 1.18 bits per heavy atom. The van der Waals surface area contributed by atoms with E-state index in [9.17, 15) is 18.7 Å². The molecule has 5 rings (SSSR count). The van der Waals surface area contributed by atoms with Gasteiger partial charge in [0.2, 0.25) is 0 Å². The molecule has 3 aliphatic rings. The summed E-state index contributed by atoms with van der Waals surface area (Å²) in [6, 6.07) is 11.6. The van der Waals surface area contributed by atoms with Crippen LogP contribution in [0.25, 0.3) is 11.1 Å². The van der Waals surface area contributed by atoms with Crippen molar-refractivity contribution in [1.29, 1.82) is 0 Å². The second kappa shape index (κ2) is 10.0. The van der Waals surface area contributed by atoms with E-state index in [1.165, 1.54) is 43.0 Å². The Labute approximate surface area is 211 Å². The number of halogens is 2. The Hall–Kier alpha value is -1.27. The fourth-order valence-electron chi connectivity index (χ4n) is 5.47. The summed E-state index contributed by atoms with van der Waals surface area (Å²) in [5.74, 6) is -0.598. The molecule has 4 nitrogen and oxygen atoms in total. The number of carbonyl (C=O) groups is 1. The number of benzene rings is 2. The zero-order valence-electron chi connectivity index (χ0n) is 18.8. The molecular formula is C26H28F2NO3SSb. The van der Waals surface area contributed by atoms with Crippen molar-refractivity contribution in [2.45, 2.75) is 49.7 Å². The summed E-state index contributed by atoms with van der Waals surface area (Å²) in [5.41, 5.74) is 2.42. The number of nitrogens with zero attached hydrogens (tertiary/aromatic N) is 1. The molecule has 2 N–H and O–H groups in total. The summed E-state index contributed by atoms with van der Waals surface area (Å²) in [5, 5.41) is 19.0. The fraction of sp³-hybridized carbons (Fsp3) is 0.462. The van der Waals surface area contributed by atoms with Crippen LogP contribution >= 0.6 is 8.85 Å². The van der Waals surface area contributed by atoms with E-state index in [4.69, 9.17) is 5.11 Å². The minimum absolute atomic E-state index is 0.0148. The van der Waals surface area contributed by atoms with Gasteiger partial charge in [-0.3, -0.25) is 0 Å². The van der Waals surface area contributed by atoms with E-state index >= 15 is 0 Å². The van der Waals surface area contributed by atoms with Crippen molar-refractivity contribution in [2.75, 3.05) is 19.7 Å². The van der Waals surface area contributed by atoms with Crippen LogP contribution in [0.1, 0.15) is 65.9 Å². The van der Waals surface area contributed by atoms with Crippen LogP contribution in [0.15, 0.2) is 42.5 Å². The van der Waals surface area contributed by atoms with Crippen molar-refractivity contribution >= 4 is 38.1 Å². The summed E-state index contributed by atoms with van der Waals surface area (Å²) in [4.78, 5) is 14.0. The zero-order chi connectivity index (χ0) is 23.9. The first-order valence-electron chi connectivity index (χ1n) is 11.8. The van der Waals surface area contributed by atoms with Gasteiger partial charge in [-0.15, -0.1) is 0 Å². The molecule has 1 aliphatic carbocycles. The number of carboxylic acid groups (broad SMARTS) is 1. The van der Waals surface area contributed by atoms with Gasteiger partial charge in [0.15, 0.2) is 0 Å². The van der Waals surface area contributed by atoms with E-state index in [2.05, 4.69) is 13.7 Å². The number of hydrogen-bond donors (Lipinski definition) is 2. The average molecular weight is 594 g/mol. The Kier molecular flexibility index (Phi) is 7.19. The predicted molar refractivity (Wildman–Crippen MR) is 133 cm³/mol. The van der Waals surface area contributed by atoms with Gasteiger partial charge < -0.3 is 5.11 Å². The molecule has 2 heterocycles. The van der Waals surface area contributed by atoms with Gasteiger partial charge in [-0.2, -0.15) is 0 Å². The molecule has 0 bridgehead atoms. The molecule has 2 atom stereocenters. The van der Waals surface area contributed by atoms with Crippen LogP contribution in [-0.2, 0) is 0 Å². The summed E-state index contributed by atoms with van der Waals surface area (Å²) >= 11 is -0.242. The van der Waals surface area contributed by atoms with E-state index in [1.807, 2.05) is 24.3 Å². The van der Waals surface area contributed by atoms with Gasteiger partial charge in [-0.05, 0) is 6.07 Å². The Morgan fingerprint density at radius 2 is 1.91 bits per heavy atom. The van der Waals surface area contributed by atoms with Crippen molar-refractivity contribution in [3.63, 3.8) is 0 Å². The number of hydrogen-bond acceptors (Lipinski definition) is 4. The van der Waals surface area contributed by atoms with Crippen molar-refractivity contribution < 1.29 is 23.8 Å². The van der Waals surface area contributed by atoms with Gasteiger partial charge in [-0.1, -0.05) is 6.07 Å². The maximum atomic E-state index is 13.5. The summed E-state index contributed by atoms with van der Waals surface area (Å²) in [6.07, 6.45) is 2.93. The van der Waals surface area contributed by atoms with E-state index in [-0.39, 0.29) is 43.0 Å². The molecule has 2 fully saturated rings. The standard InChI is InChI=1S/C26H29F2NO3S.Sb/c27-24(28)21-8-7-19(25(31)32)14-22(21)17-3-5-18(6-4-17)23-15-26(23)9-11-29(12-10-26)16-20(33)2-1-13-30;/h3-8,14,20,23-24,30,33H,1-2,9-13,15H2,(H,31,32);/q;+1/p-1/t20?,23-;/m0./s1. The molecule has 180 valence electrons. The Bertz CT molecular complexity index is 1100. The monoisotopic (exact) mass is 593 g/mol. The van der Waals surface area contributed by atoms with Crippen LogP contribution < -0.4 is 0 Å². The third kappa shape index (κ3) is 4.74. The van der Waals surface area contributed by atoms with Crippen molar-refractivity contribution in [2.24, 2.45) is 5.41 Å².